The molecule has 5 nitrogen and oxygen atoms in total. The van der Waals surface area contributed by atoms with Gasteiger partial charge in [0.2, 0.25) is 0 Å². The van der Waals surface area contributed by atoms with Crippen molar-refractivity contribution in [3.05, 3.63) is 36.3 Å². The molecule has 0 radical (unpaired) electrons. The minimum atomic E-state index is -0.519. The first kappa shape index (κ1) is 9.60. The Morgan fingerprint density at radius 2 is 2.33 bits per heavy atom. The molecule has 0 unspecified atom stereocenters. The van der Waals surface area contributed by atoms with E-state index in [1.807, 2.05) is 0 Å². The van der Waals surface area contributed by atoms with Crippen LogP contribution in [0.4, 0.5) is 5.00 Å². The molecule has 2 aromatic rings. The molecule has 76 valence electrons. The minimum absolute atomic E-state index is 0.281. The summed E-state index contributed by atoms with van der Waals surface area (Å²) in [6.07, 6.45) is 4.43. The van der Waals surface area contributed by atoms with E-state index in [9.17, 15) is 4.79 Å². The number of pyridine rings is 1. The number of ether oxygens (including phenoxy) is 1. The van der Waals surface area contributed by atoms with Gasteiger partial charge in [-0.25, -0.2) is 4.79 Å². The number of hydrogen-bond donors (Lipinski definition) is 1. The third-order valence-corrected chi connectivity index (χ3v) is 2.29. The van der Waals surface area contributed by atoms with Crippen LogP contribution in [0.2, 0.25) is 0 Å². The quantitative estimate of drug-likeness (QED) is 0.774. The number of hydrogen-bond acceptors (Lipinski definition) is 6. The van der Waals surface area contributed by atoms with Gasteiger partial charge >= 0.3 is 5.97 Å². The van der Waals surface area contributed by atoms with E-state index >= 15 is 0 Å². The van der Waals surface area contributed by atoms with Gasteiger partial charge in [-0.05, 0) is 23.7 Å². The van der Waals surface area contributed by atoms with Crippen LogP contribution in [0.25, 0.3) is 0 Å². The Labute approximate surface area is 89.7 Å². The van der Waals surface area contributed by atoms with E-state index in [1.165, 1.54) is 12.4 Å². The van der Waals surface area contributed by atoms with Gasteiger partial charge in [-0.1, -0.05) is 0 Å². The maximum atomic E-state index is 11.5. The third kappa shape index (κ3) is 2.10. The van der Waals surface area contributed by atoms with Crippen molar-refractivity contribution in [3.63, 3.8) is 0 Å². The third-order valence-electron chi connectivity index (χ3n) is 1.66. The molecule has 0 spiro atoms. The van der Waals surface area contributed by atoms with E-state index in [0.29, 0.717) is 10.8 Å². The molecule has 15 heavy (non-hydrogen) atoms. The normalized spacial score (nSPS) is 9.87. The van der Waals surface area contributed by atoms with Gasteiger partial charge in [0.1, 0.15) is 16.3 Å². The van der Waals surface area contributed by atoms with E-state index in [0.717, 1.165) is 11.5 Å². The predicted molar refractivity (Wildman–Crippen MR) is 55.7 cm³/mol. The highest BCUT2D eigenvalue weighted by Gasteiger charge is 2.14. The molecular weight excluding hydrogens is 214 g/mol. The summed E-state index contributed by atoms with van der Waals surface area (Å²) in [5.74, 6) is -0.137. The van der Waals surface area contributed by atoms with E-state index in [4.69, 9.17) is 10.5 Å². The fourth-order valence-corrected chi connectivity index (χ4v) is 1.48. The van der Waals surface area contributed by atoms with Crippen molar-refractivity contribution in [1.29, 1.82) is 0 Å². The highest BCUT2D eigenvalue weighted by Crippen LogP contribution is 2.18. The topological polar surface area (TPSA) is 78.1 Å². The monoisotopic (exact) mass is 221 g/mol. The molecule has 0 aliphatic carbocycles. The molecule has 0 fully saturated rings. The van der Waals surface area contributed by atoms with Crippen LogP contribution in [-0.2, 0) is 0 Å². The predicted octanol–water partition coefficient (Wildman–Crippen LogP) is 1.34. The highest BCUT2D eigenvalue weighted by molar-refractivity contribution is 7.10. The molecule has 0 atom stereocenters. The average Bonchev–Trinajstić information content (AvgIpc) is 2.66. The van der Waals surface area contributed by atoms with Crippen LogP contribution in [0.1, 0.15) is 10.4 Å². The number of nitrogens with two attached hydrogens (primary N) is 1. The van der Waals surface area contributed by atoms with Crippen molar-refractivity contribution in [2.45, 2.75) is 0 Å². The Morgan fingerprint density at radius 1 is 1.47 bits per heavy atom. The first-order valence-corrected chi connectivity index (χ1v) is 4.87. The maximum Gasteiger partial charge on any atom is 0.348 e. The molecule has 0 aliphatic rings. The van der Waals surface area contributed by atoms with Crippen molar-refractivity contribution in [1.82, 2.24) is 9.36 Å². The summed E-state index contributed by atoms with van der Waals surface area (Å²) in [4.78, 5) is 15.4. The lowest BCUT2D eigenvalue weighted by atomic mass is 10.3. The highest BCUT2D eigenvalue weighted by atomic mass is 32.1. The summed E-state index contributed by atoms with van der Waals surface area (Å²) >= 11 is 1.05. The lowest BCUT2D eigenvalue weighted by molar-refractivity contribution is 0.0735. The number of esters is 1. The molecule has 2 N–H and O–H groups in total. The summed E-state index contributed by atoms with van der Waals surface area (Å²) in [6.45, 7) is 0. The zero-order valence-corrected chi connectivity index (χ0v) is 8.40. The van der Waals surface area contributed by atoms with Crippen molar-refractivity contribution in [2.24, 2.45) is 0 Å². The molecule has 0 aromatic carbocycles. The second-order valence-corrected chi connectivity index (χ2v) is 3.52. The summed E-state index contributed by atoms with van der Waals surface area (Å²) in [6, 6.07) is 3.32. The Kier molecular flexibility index (Phi) is 2.59. The van der Waals surface area contributed by atoms with E-state index < -0.39 is 5.97 Å². The number of carbonyl (C=O) groups excluding carboxylic acids is 1. The average molecular weight is 221 g/mol. The first-order valence-electron chi connectivity index (χ1n) is 4.10. The van der Waals surface area contributed by atoms with Gasteiger partial charge in [0.15, 0.2) is 0 Å². The van der Waals surface area contributed by atoms with Crippen molar-refractivity contribution < 1.29 is 9.53 Å². The fourth-order valence-electron chi connectivity index (χ4n) is 0.971. The SMILES string of the molecule is Nc1sncc1C(=O)Oc1cccnc1. The molecule has 0 saturated heterocycles. The molecule has 6 heteroatoms. The van der Waals surface area contributed by atoms with Crippen LogP contribution in [-0.4, -0.2) is 15.3 Å². The Morgan fingerprint density at radius 3 is 2.93 bits per heavy atom. The van der Waals surface area contributed by atoms with Crippen LogP contribution in [0, 0.1) is 0 Å². The van der Waals surface area contributed by atoms with E-state index in [2.05, 4.69) is 9.36 Å². The zero-order valence-electron chi connectivity index (χ0n) is 7.58. The Bertz CT molecular complexity index is 469. The van der Waals surface area contributed by atoms with Crippen molar-refractivity contribution >= 4 is 22.5 Å². The van der Waals surface area contributed by atoms with Gasteiger partial charge < -0.3 is 10.5 Å². The van der Waals surface area contributed by atoms with Gasteiger partial charge in [0.05, 0.1) is 12.4 Å². The molecule has 2 heterocycles. The van der Waals surface area contributed by atoms with E-state index in [1.54, 1.807) is 18.3 Å². The molecule has 2 aromatic heterocycles. The Hall–Kier alpha value is -1.95. The molecule has 0 saturated carbocycles. The van der Waals surface area contributed by atoms with Crippen LogP contribution in [0.5, 0.6) is 5.75 Å². The maximum absolute atomic E-state index is 11.5. The van der Waals surface area contributed by atoms with Crippen LogP contribution in [0.3, 0.4) is 0 Å². The number of carbonyl (C=O) groups is 1. The first-order chi connectivity index (χ1) is 7.27. The molecular formula is C9H7N3O2S. The summed E-state index contributed by atoms with van der Waals surface area (Å²) < 4.78 is 8.81. The van der Waals surface area contributed by atoms with Gasteiger partial charge in [-0.2, -0.15) is 4.37 Å². The number of rotatable bonds is 2. The van der Waals surface area contributed by atoms with Gasteiger partial charge in [0.25, 0.3) is 0 Å². The summed E-state index contributed by atoms with van der Waals surface area (Å²) in [7, 11) is 0. The minimum Gasteiger partial charge on any atom is -0.421 e. The van der Waals surface area contributed by atoms with Crippen molar-refractivity contribution in [2.75, 3.05) is 5.73 Å². The fraction of sp³-hybridized carbons (Fsp3) is 0. The van der Waals surface area contributed by atoms with Crippen LogP contribution in [0.15, 0.2) is 30.7 Å². The standard InChI is InChI=1S/C9H7N3O2S/c10-8-7(5-12-15-8)9(13)14-6-2-1-3-11-4-6/h1-5H,10H2. The molecule has 0 bridgehead atoms. The van der Waals surface area contributed by atoms with Gasteiger partial charge in [-0.3, -0.25) is 4.98 Å². The van der Waals surface area contributed by atoms with Gasteiger partial charge in [0, 0.05) is 6.20 Å². The summed E-state index contributed by atoms with van der Waals surface area (Å²) in [5, 5.41) is 0.351. The van der Waals surface area contributed by atoms with Crippen LogP contribution < -0.4 is 10.5 Å². The lowest BCUT2D eigenvalue weighted by Crippen LogP contribution is -2.09. The number of nitrogen functional groups attached to an aromatic ring is 1. The lowest BCUT2D eigenvalue weighted by Gasteiger charge is -2.01. The summed E-state index contributed by atoms with van der Waals surface area (Å²) in [5.41, 5.74) is 5.82. The van der Waals surface area contributed by atoms with Gasteiger partial charge in [-0.15, -0.1) is 0 Å². The second kappa shape index (κ2) is 4.05. The zero-order chi connectivity index (χ0) is 10.7. The Balaban J connectivity index is 2.15. The largest absolute Gasteiger partial charge is 0.421 e. The van der Waals surface area contributed by atoms with Crippen molar-refractivity contribution in [3.8, 4) is 5.75 Å². The van der Waals surface area contributed by atoms with E-state index in [-0.39, 0.29) is 5.56 Å². The van der Waals surface area contributed by atoms with Crippen LogP contribution >= 0.6 is 11.5 Å². The number of nitrogens with zero attached hydrogens (tertiary/aromatic N) is 2. The number of anilines is 1. The molecule has 0 aliphatic heterocycles. The molecule has 0 amide bonds. The molecule has 2 rings (SSSR count). The number of aromatic nitrogens is 2. The second-order valence-electron chi connectivity index (χ2n) is 2.68. The smallest absolute Gasteiger partial charge is 0.348 e.